The molecule has 0 aliphatic carbocycles. The Kier molecular flexibility index (Phi) is 7.77. The van der Waals surface area contributed by atoms with Gasteiger partial charge in [0.15, 0.2) is 5.41 Å². The second kappa shape index (κ2) is 9.57. The summed E-state index contributed by atoms with van der Waals surface area (Å²) in [6.45, 7) is 7.40. The van der Waals surface area contributed by atoms with E-state index >= 15 is 0 Å². The summed E-state index contributed by atoms with van der Waals surface area (Å²) in [7, 11) is 0. The predicted molar refractivity (Wildman–Crippen MR) is 93.1 cm³/mol. The molecule has 0 aliphatic heterocycles. The Morgan fingerprint density at radius 2 is 1.58 bits per heavy atom. The summed E-state index contributed by atoms with van der Waals surface area (Å²) in [6, 6.07) is 9.39. The first-order valence-electron chi connectivity index (χ1n) is 8.00. The van der Waals surface area contributed by atoms with Crippen molar-refractivity contribution in [3.05, 3.63) is 47.5 Å². The minimum Gasteiger partial charge on any atom is -0.465 e. The monoisotopic (exact) mass is 328 g/mol. The van der Waals surface area contributed by atoms with Gasteiger partial charge >= 0.3 is 11.9 Å². The van der Waals surface area contributed by atoms with E-state index in [0.29, 0.717) is 0 Å². The minimum absolute atomic E-state index is 0.00470. The van der Waals surface area contributed by atoms with Crippen LogP contribution >= 0.6 is 0 Å². The summed E-state index contributed by atoms with van der Waals surface area (Å²) >= 11 is 0. The van der Waals surface area contributed by atoms with Gasteiger partial charge in [-0.05, 0) is 39.8 Å². The van der Waals surface area contributed by atoms with E-state index in [1.165, 1.54) is 0 Å². The second-order valence-electron chi connectivity index (χ2n) is 5.48. The first kappa shape index (κ1) is 19.5. The van der Waals surface area contributed by atoms with Crippen LogP contribution < -0.4 is 0 Å². The van der Waals surface area contributed by atoms with Gasteiger partial charge in [0, 0.05) is 12.0 Å². The van der Waals surface area contributed by atoms with Gasteiger partial charge in [-0.25, -0.2) is 0 Å². The van der Waals surface area contributed by atoms with E-state index in [4.69, 9.17) is 9.47 Å². The maximum atomic E-state index is 12.5. The van der Waals surface area contributed by atoms with Crippen LogP contribution in [0.2, 0.25) is 0 Å². The highest BCUT2D eigenvalue weighted by Gasteiger charge is 2.46. The molecule has 4 nitrogen and oxygen atoms in total. The molecule has 1 aromatic rings. The van der Waals surface area contributed by atoms with E-state index in [9.17, 15) is 9.59 Å². The Morgan fingerprint density at radius 1 is 1.04 bits per heavy atom. The number of hydrogen-bond donors (Lipinski definition) is 0. The van der Waals surface area contributed by atoms with Gasteiger partial charge in [0.1, 0.15) is 0 Å². The predicted octanol–water partition coefficient (Wildman–Crippen LogP) is 3.51. The van der Waals surface area contributed by atoms with Gasteiger partial charge in [0.05, 0.1) is 13.2 Å². The highest BCUT2D eigenvalue weighted by Crippen LogP contribution is 2.29. The molecule has 0 amide bonds. The summed E-state index contributed by atoms with van der Waals surface area (Å²) in [6.07, 6.45) is 1.59. The summed E-state index contributed by atoms with van der Waals surface area (Å²) in [4.78, 5) is 25.0. The van der Waals surface area contributed by atoms with Crippen molar-refractivity contribution < 1.29 is 19.1 Å². The summed E-state index contributed by atoms with van der Waals surface area (Å²) in [5, 5.41) is 0. The first-order chi connectivity index (χ1) is 11.5. The van der Waals surface area contributed by atoms with Gasteiger partial charge in [0.2, 0.25) is 0 Å². The Labute approximate surface area is 143 Å². The molecule has 0 saturated carbocycles. The number of rotatable bonds is 6. The van der Waals surface area contributed by atoms with Gasteiger partial charge < -0.3 is 9.47 Å². The van der Waals surface area contributed by atoms with Crippen molar-refractivity contribution in [2.24, 2.45) is 5.41 Å². The van der Waals surface area contributed by atoms with Crippen LogP contribution in [0.3, 0.4) is 0 Å². The van der Waals surface area contributed by atoms with Gasteiger partial charge in [0.25, 0.3) is 0 Å². The largest absolute Gasteiger partial charge is 0.465 e. The molecule has 0 fully saturated rings. The van der Waals surface area contributed by atoms with Crippen molar-refractivity contribution in [3.63, 3.8) is 0 Å². The zero-order valence-electron chi connectivity index (χ0n) is 14.7. The zero-order chi connectivity index (χ0) is 18.0. The standard InChI is InChI=1S/C20H24O4/c1-5-23-18(21)20(15-16(3)4,19(22)24-6-2)14-10-13-17-11-8-7-9-12-17/h7-9,11-12,15H,5-6,14H2,1-4H3. The fourth-order valence-corrected chi connectivity index (χ4v) is 2.22. The van der Waals surface area contributed by atoms with Crippen molar-refractivity contribution in [1.29, 1.82) is 0 Å². The molecule has 0 aliphatic rings. The number of allylic oxidation sites excluding steroid dienone is 1. The molecule has 0 spiro atoms. The fraction of sp³-hybridized carbons (Fsp3) is 0.400. The first-order valence-corrected chi connectivity index (χ1v) is 8.00. The molecule has 0 unspecified atom stereocenters. The molecule has 0 bridgehead atoms. The molecular weight excluding hydrogens is 304 g/mol. The number of esters is 2. The van der Waals surface area contributed by atoms with E-state index in [-0.39, 0.29) is 19.6 Å². The summed E-state index contributed by atoms with van der Waals surface area (Å²) in [5.41, 5.74) is 0.0982. The van der Waals surface area contributed by atoms with Crippen molar-refractivity contribution in [2.75, 3.05) is 13.2 Å². The highest BCUT2D eigenvalue weighted by molar-refractivity contribution is 6.02. The molecular formula is C20H24O4. The van der Waals surface area contributed by atoms with Crippen molar-refractivity contribution in [1.82, 2.24) is 0 Å². The van der Waals surface area contributed by atoms with Gasteiger partial charge in [-0.2, -0.15) is 0 Å². The van der Waals surface area contributed by atoms with E-state index < -0.39 is 17.4 Å². The molecule has 1 rings (SSSR count). The fourth-order valence-electron chi connectivity index (χ4n) is 2.22. The SMILES string of the molecule is CCOC(=O)C(C=C(C)C)(CC#Cc1ccccc1)C(=O)OCC. The van der Waals surface area contributed by atoms with Gasteiger partial charge in [-0.3, -0.25) is 9.59 Å². The molecule has 0 N–H and O–H groups in total. The van der Waals surface area contributed by atoms with Crippen LogP contribution in [0.4, 0.5) is 0 Å². The highest BCUT2D eigenvalue weighted by atomic mass is 16.6. The third-order valence-electron chi connectivity index (χ3n) is 3.19. The average molecular weight is 328 g/mol. The Morgan fingerprint density at radius 3 is 2.04 bits per heavy atom. The van der Waals surface area contributed by atoms with Crippen molar-refractivity contribution >= 4 is 11.9 Å². The molecule has 0 heterocycles. The molecule has 0 aromatic heterocycles. The lowest BCUT2D eigenvalue weighted by Crippen LogP contribution is -2.40. The van der Waals surface area contributed by atoms with Crippen LogP contribution in [0.15, 0.2) is 42.0 Å². The molecule has 4 heteroatoms. The summed E-state index contributed by atoms with van der Waals surface area (Å²) in [5.74, 6) is 4.64. The average Bonchev–Trinajstić information content (AvgIpc) is 2.54. The van der Waals surface area contributed by atoms with Gasteiger partial charge in [-0.1, -0.05) is 41.7 Å². The molecule has 0 radical (unpaired) electrons. The lowest BCUT2D eigenvalue weighted by molar-refractivity contribution is -0.167. The van der Waals surface area contributed by atoms with Crippen LogP contribution in [0.1, 0.15) is 39.7 Å². The second-order valence-corrected chi connectivity index (χ2v) is 5.48. The van der Waals surface area contributed by atoms with Gasteiger partial charge in [-0.15, -0.1) is 0 Å². The van der Waals surface area contributed by atoms with E-state index in [0.717, 1.165) is 11.1 Å². The normalized spacial score (nSPS) is 10.2. The van der Waals surface area contributed by atoms with Crippen LogP contribution in [-0.2, 0) is 19.1 Å². The Balaban J connectivity index is 3.24. The smallest absolute Gasteiger partial charge is 0.328 e. The Hall–Kier alpha value is -2.54. The van der Waals surface area contributed by atoms with Crippen LogP contribution in [0.5, 0.6) is 0 Å². The Bertz CT molecular complexity index is 625. The number of carbonyl (C=O) groups excluding carboxylic acids is 2. The third-order valence-corrected chi connectivity index (χ3v) is 3.19. The minimum atomic E-state index is -1.54. The molecule has 1 aromatic carbocycles. The number of hydrogen-bond acceptors (Lipinski definition) is 4. The lowest BCUT2D eigenvalue weighted by Gasteiger charge is -2.24. The maximum Gasteiger partial charge on any atom is 0.328 e. The molecule has 0 atom stereocenters. The molecule has 128 valence electrons. The quantitative estimate of drug-likeness (QED) is 0.347. The lowest BCUT2D eigenvalue weighted by atomic mass is 9.82. The van der Waals surface area contributed by atoms with Crippen LogP contribution in [0.25, 0.3) is 0 Å². The zero-order valence-corrected chi connectivity index (χ0v) is 14.7. The molecule has 24 heavy (non-hydrogen) atoms. The topological polar surface area (TPSA) is 52.6 Å². The third kappa shape index (κ3) is 5.27. The van der Waals surface area contributed by atoms with Crippen LogP contribution in [-0.4, -0.2) is 25.2 Å². The molecule has 0 saturated heterocycles. The van der Waals surface area contributed by atoms with E-state index in [2.05, 4.69) is 11.8 Å². The number of benzene rings is 1. The van der Waals surface area contributed by atoms with E-state index in [1.54, 1.807) is 19.9 Å². The van der Waals surface area contributed by atoms with Crippen LogP contribution in [0, 0.1) is 17.3 Å². The summed E-state index contributed by atoms with van der Waals surface area (Å²) < 4.78 is 10.3. The van der Waals surface area contributed by atoms with E-state index in [1.807, 2.05) is 44.2 Å². The van der Waals surface area contributed by atoms with Crippen molar-refractivity contribution in [3.8, 4) is 11.8 Å². The number of carbonyl (C=O) groups is 2. The van der Waals surface area contributed by atoms with Crippen molar-refractivity contribution in [2.45, 2.75) is 34.1 Å². The number of ether oxygens (including phenoxy) is 2. The maximum absolute atomic E-state index is 12.5.